The molecule has 39 heavy (non-hydrogen) atoms. The van der Waals surface area contributed by atoms with Crippen molar-refractivity contribution in [2.24, 2.45) is 56.7 Å². The molecule has 0 heterocycles. The average Bonchev–Trinajstić information content (AvgIpc) is 2.89. The van der Waals surface area contributed by atoms with Gasteiger partial charge in [0.25, 0.3) is 0 Å². The van der Waals surface area contributed by atoms with Crippen LogP contribution >= 0.6 is 23.5 Å². The Morgan fingerprint density at radius 2 is 1.62 bits per heavy atom. The fourth-order valence-corrected chi connectivity index (χ4v) is 12.8. The monoisotopic (exact) mass is 572 g/mol. The van der Waals surface area contributed by atoms with Crippen molar-refractivity contribution in [1.29, 1.82) is 0 Å². The Hall–Kier alpha value is -0.680. The number of esters is 1. The Morgan fingerprint density at radius 1 is 0.949 bits per heavy atom. The Kier molecular flexibility index (Phi) is 7.40. The number of hydrogen-bond donors (Lipinski definition) is 0. The molecular formula is C34H52O3S2. The molecule has 5 aliphatic rings. The predicted molar refractivity (Wildman–Crippen MR) is 165 cm³/mol. The van der Waals surface area contributed by atoms with Gasteiger partial charge in [0.05, 0.1) is 12.5 Å². The summed E-state index contributed by atoms with van der Waals surface area (Å²) in [6.45, 7) is 17.0. The minimum atomic E-state index is -0.364. The lowest BCUT2D eigenvalue weighted by atomic mass is 9.33. The highest BCUT2D eigenvalue weighted by Crippen LogP contribution is 2.76. The van der Waals surface area contributed by atoms with Gasteiger partial charge in [0.1, 0.15) is 0 Å². The number of fused-ring (bicyclic) bond motifs is 7. The zero-order valence-corrected chi connectivity index (χ0v) is 27.8. The van der Waals surface area contributed by atoms with Crippen LogP contribution < -0.4 is 0 Å². The second-order valence-corrected chi connectivity index (χ2v) is 17.1. The fourth-order valence-electron chi connectivity index (χ4n) is 11.3. The van der Waals surface area contributed by atoms with Crippen LogP contribution in [0.25, 0.3) is 0 Å². The average molecular weight is 573 g/mol. The molecule has 218 valence electrons. The molecule has 5 rings (SSSR count). The summed E-state index contributed by atoms with van der Waals surface area (Å²) >= 11 is 3.50. The molecule has 9 atom stereocenters. The molecule has 0 aromatic heterocycles. The fraction of sp³-hybridized carbons (Fsp3) is 0.824. The van der Waals surface area contributed by atoms with E-state index in [9.17, 15) is 9.59 Å². The van der Waals surface area contributed by atoms with Gasteiger partial charge in [-0.2, -0.15) is 0 Å². The number of allylic oxidation sites excluding steroid dienone is 3. The first-order valence-electron chi connectivity index (χ1n) is 15.3. The maximum absolute atomic E-state index is 13.9. The van der Waals surface area contributed by atoms with Crippen LogP contribution in [0.5, 0.6) is 0 Å². The Morgan fingerprint density at radius 3 is 2.23 bits per heavy atom. The quantitative estimate of drug-likeness (QED) is 0.192. The minimum Gasteiger partial charge on any atom is -0.469 e. The summed E-state index contributed by atoms with van der Waals surface area (Å²) in [6, 6.07) is 0. The van der Waals surface area contributed by atoms with Crippen LogP contribution in [0.15, 0.2) is 21.5 Å². The van der Waals surface area contributed by atoms with Crippen LogP contribution in [0.2, 0.25) is 0 Å². The molecule has 3 nitrogen and oxygen atoms in total. The predicted octanol–water partition coefficient (Wildman–Crippen LogP) is 8.93. The molecule has 0 radical (unpaired) electrons. The largest absolute Gasteiger partial charge is 0.469 e. The van der Waals surface area contributed by atoms with Gasteiger partial charge in [-0.1, -0.05) is 60.1 Å². The molecule has 0 saturated heterocycles. The number of carbonyl (C=O) groups is 2. The molecule has 5 heteroatoms. The van der Waals surface area contributed by atoms with Crippen LogP contribution in [-0.4, -0.2) is 31.4 Å². The Balaban J connectivity index is 1.65. The van der Waals surface area contributed by atoms with Crippen molar-refractivity contribution in [2.75, 3.05) is 19.6 Å². The second-order valence-electron chi connectivity index (χ2n) is 15.2. The van der Waals surface area contributed by atoms with Crippen LogP contribution in [0.1, 0.15) is 99.8 Å². The third kappa shape index (κ3) is 3.76. The summed E-state index contributed by atoms with van der Waals surface area (Å²) in [7, 11) is 1.59. The first-order chi connectivity index (χ1) is 18.2. The SMILES string of the molecule is COC(=O)C12CC[C@@H](C)[C@H](C)C1C1=CC[C@@H]3[C@@]4(C)CC(=C(SC)SC)C(=O)C(C)(C)[C@@H]4CC[C@@]3(C)[C@]1(C)CC2. The van der Waals surface area contributed by atoms with Gasteiger partial charge in [0, 0.05) is 15.2 Å². The Labute approximate surface area is 246 Å². The van der Waals surface area contributed by atoms with E-state index in [0.29, 0.717) is 29.5 Å². The van der Waals surface area contributed by atoms with E-state index in [2.05, 4.69) is 67.1 Å². The van der Waals surface area contributed by atoms with E-state index in [1.54, 1.807) is 36.2 Å². The van der Waals surface area contributed by atoms with E-state index in [1.165, 1.54) is 10.7 Å². The molecule has 0 aromatic rings. The summed E-state index contributed by atoms with van der Waals surface area (Å²) in [6.07, 6.45) is 15.2. The third-order valence-corrected chi connectivity index (χ3v) is 16.0. The van der Waals surface area contributed by atoms with Gasteiger partial charge >= 0.3 is 5.97 Å². The topological polar surface area (TPSA) is 43.4 Å². The lowest BCUT2D eigenvalue weighted by Crippen LogP contribution is -2.65. The van der Waals surface area contributed by atoms with Crippen molar-refractivity contribution in [1.82, 2.24) is 0 Å². The lowest BCUT2D eigenvalue weighted by molar-refractivity contribution is -0.187. The molecular weight excluding hydrogens is 521 g/mol. The van der Waals surface area contributed by atoms with Gasteiger partial charge in [-0.15, -0.1) is 23.5 Å². The van der Waals surface area contributed by atoms with Crippen LogP contribution in [-0.2, 0) is 14.3 Å². The van der Waals surface area contributed by atoms with E-state index in [0.717, 1.165) is 50.5 Å². The van der Waals surface area contributed by atoms with Crippen molar-refractivity contribution in [3.05, 3.63) is 21.5 Å². The van der Waals surface area contributed by atoms with E-state index in [1.807, 2.05) is 0 Å². The van der Waals surface area contributed by atoms with Gasteiger partial charge in [0.2, 0.25) is 0 Å². The number of ether oxygens (including phenoxy) is 1. The molecule has 0 amide bonds. The van der Waals surface area contributed by atoms with Gasteiger partial charge in [0.15, 0.2) is 5.78 Å². The van der Waals surface area contributed by atoms with Gasteiger partial charge in [-0.25, -0.2) is 0 Å². The first kappa shape index (κ1) is 29.8. The number of Topliss-reactive ketones (excluding diaryl/α,β-unsaturated/α-hetero) is 1. The molecule has 0 aliphatic heterocycles. The van der Waals surface area contributed by atoms with Crippen LogP contribution in [0, 0.1) is 56.7 Å². The van der Waals surface area contributed by atoms with Gasteiger partial charge in [-0.3, -0.25) is 9.59 Å². The lowest BCUT2D eigenvalue weighted by Gasteiger charge is -2.71. The number of methoxy groups -OCH3 is 1. The zero-order chi connectivity index (χ0) is 28.8. The maximum atomic E-state index is 13.9. The second kappa shape index (κ2) is 9.68. The van der Waals surface area contributed by atoms with Crippen molar-refractivity contribution >= 4 is 35.3 Å². The summed E-state index contributed by atoms with van der Waals surface area (Å²) in [4.78, 5) is 27.5. The van der Waals surface area contributed by atoms with Crippen molar-refractivity contribution in [3.63, 3.8) is 0 Å². The molecule has 0 aromatic carbocycles. The number of rotatable bonds is 3. The number of thioether (sulfide) groups is 2. The molecule has 0 N–H and O–H groups in total. The highest BCUT2D eigenvalue weighted by Gasteiger charge is 2.70. The summed E-state index contributed by atoms with van der Waals surface area (Å²) < 4.78 is 6.76. The number of hydrogen-bond acceptors (Lipinski definition) is 5. The molecule has 4 saturated carbocycles. The smallest absolute Gasteiger partial charge is 0.312 e. The summed E-state index contributed by atoms with van der Waals surface area (Å²) in [5.74, 6) is 2.69. The van der Waals surface area contributed by atoms with Crippen molar-refractivity contribution < 1.29 is 14.3 Å². The van der Waals surface area contributed by atoms with Gasteiger partial charge in [-0.05, 0) is 110 Å². The van der Waals surface area contributed by atoms with E-state index >= 15 is 0 Å². The third-order valence-electron chi connectivity index (χ3n) is 13.8. The number of carbonyl (C=O) groups excluding carboxylic acids is 2. The molecule has 0 spiro atoms. The Bertz CT molecular complexity index is 1120. The first-order valence-corrected chi connectivity index (χ1v) is 17.8. The van der Waals surface area contributed by atoms with Crippen molar-refractivity contribution in [2.45, 2.75) is 99.8 Å². The van der Waals surface area contributed by atoms with Crippen LogP contribution in [0.3, 0.4) is 0 Å². The molecule has 4 fully saturated rings. The summed E-state index contributed by atoms with van der Waals surface area (Å²) in [5.41, 5.74) is 2.24. The number of ketones is 1. The van der Waals surface area contributed by atoms with Gasteiger partial charge < -0.3 is 4.74 Å². The van der Waals surface area contributed by atoms with E-state index < -0.39 is 0 Å². The normalized spacial score (nSPS) is 46.7. The molecule has 5 aliphatic carbocycles. The molecule has 2 unspecified atom stereocenters. The van der Waals surface area contributed by atoms with E-state index in [-0.39, 0.29) is 39.0 Å². The zero-order valence-electron chi connectivity index (χ0n) is 26.2. The highest BCUT2D eigenvalue weighted by molar-refractivity contribution is 8.21. The van der Waals surface area contributed by atoms with Crippen LogP contribution in [0.4, 0.5) is 0 Å². The minimum absolute atomic E-state index is 0.0288. The van der Waals surface area contributed by atoms with Crippen molar-refractivity contribution in [3.8, 4) is 0 Å². The standard InChI is InChI=1S/C34H52O3S2/c1-20-13-16-34(29(36)37-8)18-17-32(6)23(26(34)21(20)2)11-12-25-31(5)19-22(28(38-9)39-10)27(35)30(3,4)24(31)14-15-33(25,32)7/h11,20-21,24-26H,12-19H2,1-10H3/t20-,21+,24+,25-,26?,31+,32-,33-,34?/m1/s1. The molecule has 0 bridgehead atoms. The highest BCUT2D eigenvalue weighted by atomic mass is 32.2. The summed E-state index contributed by atoms with van der Waals surface area (Å²) in [5, 5.41) is 0. The van der Waals surface area contributed by atoms with E-state index in [4.69, 9.17) is 4.74 Å². The maximum Gasteiger partial charge on any atom is 0.312 e.